The van der Waals surface area contributed by atoms with Crippen LogP contribution in [0.4, 0.5) is 9.57 Å². The zero-order valence-corrected chi connectivity index (χ0v) is 26.2. The van der Waals surface area contributed by atoms with Crippen molar-refractivity contribution in [3.63, 3.8) is 0 Å². The van der Waals surface area contributed by atoms with Crippen LogP contribution < -0.4 is 14.8 Å². The Hall–Kier alpha value is -4.62. The Bertz CT molecular complexity index is 1730. The Labute approximate surface area is 268 Å². The van der Waals surface area contributed by atoms with Crippen LogP contribution in [0.5, 0.6) is 5.75 Å². The van der Waals surface area contributed by atoms with Gasteiger partial charge in [0.2, 0.25) is 0 Å². The molecule has 0 radical (unpaired) electrons. The van der Waals surface area contributed by atoms with Crippen LogP contribution in [0.3, 0.4) is 0 Å². The Balaban J connectivity index is 1.20. The fourth-order valence-electron chi connectivity index (χ4n) is 5.24. The molecular formula is C33H37FN6O5S. The number of pyridine rings is 1. The van der Waals surface area contributed by atoms with Gasteiger partial charge in [-0.2, -0.15) is 8.42 Å². The van der Waals surface area contributed by atoms with Crippen molar-refractivity contribution in [1.29, 1.82) is 0 Å². The number of amides is 1. The molecule has 2 N–H and O–H groups in total. The molecule has 0 aliphatic heterocycles. The minimum Gasteiger partial charge on any atom is -0.378 e. The molecule has 5 rings (SSSR count). The first-order valence-electron chi connectivity index (χ1n) is 15.3. The molecule has 1 aliphatic carbocycles. The predicted molar refractivity (Wildman–Crippen MR) is 172 cm³/mol. The monoisotopic (exact) mass is 648 g/mol. The molecule has 1 aliphatic rings. The zero-order valence-electron chi connectivity index (χ0n) is 25.3. The molecule has 11 nitrogen and oxygen atoms in total. The van der Waals surface area contributed by atoms with Gasteiger partial charge in [-0.15, -0.1) is 10.2 Å². The molecule has 0 fully saturated rings. The lowest BCUT2D eigenvalue weighted by Crippen LogP contribution is -2.23. The maximum absolute atomic E-state index is 12.9. The second-order valence-corrected chi connectivity index (χ2v) is 11.8. The maximum atomic E-state index is 12.9. The standard InChI is InChI=1S/C33H37FN6O5S/c34-46(42,43)45-30-14-6-9-25(21-30)23-37-33(41)27-10-7-11-28(22-27)36-24-31-38-39-32(26-15-17-35-18-16-26)40(31)19-8-20-44-29-12-4-2-1-3-5-13-29/h1-2,6-7,9-11,14-18,21-22,29,36H,3-5,8,12-13,19-20,23-24H2,(H,37,41)/b2-1-. The number of ether oxygens (including phenoxy) is 1. The minimum absolute atomic E-state index is 0.0857. The van der Waals surface area contributed by atoms with Crippen molar-refractivity contribution in [3.05, 3.63) is 102 Å². The van der Waals surface area contributed by atoms with E-state index in [1.165, 1.54) is 18.2 Å². The van der Waals surface area contributed by atoms with Gasteiger partial charge in [0.15, 0.2) is 11.6 Å². The number of aromatic nitrogens is 4. The second kappa shape index (κ2) is 16.1. The summed E-state index contributed by atoms with van der Waals surface area (Å²) in [6, 6.07) is 16.7. The topological polar surface area (TPSA) is 137 Å². The molecule has 2 aromatic heterocycles. The summed E-state index contributed by atoms with van der Waals surface area (Å²) in [6.45, 7) is 1.80. The number of benzene rings is 2. The molecule has 13 heteroatoms. The van der Waals surface area contributed by atoms with E-state index in [0.29, 0.717) is 30.8 Å². The van der Waals surface area contributed by atoms with Crippen LogP contribution in [0.1, 0.15) is 60.3 Å². The van der Waals surface area contributed by atoms with Crippen LogP contribution in [-0.4, -0.2) is 46.8 Å². The van der Waals surface area contributed by atoms with Gasteiger partial charge in [0.1, 0.15) is 5.75 Å². The average molecular weight is 649 g/mol. The zero-order chi connectivity index (χ0) is 32.2. The smallest absolute Gasteiger partial charge is 0.378 e. The normalized spacial score (nSPS) is 15.8. The molecular weight excluding hydrogens is 611 g/mol. The van der Waals surface area contributed by atoms with Crippen molar-refractivity contribution < 1.29 is 26.0 Å². The first kappa shape index (κ1) is 32.8. The van der Waals surface area contributed by atoms with Gasteiger partial charge in [-0.25, -0.2) is 0 Å². The molecule has 242 valence electrons. The first-order chi connectivity index (χ1) is 22.3. The molecule has 0 saturated heterocycles. The van der Waals surface area contributed by atoms with Crippen LogP contribution in [-0.2, 0) is 34.9 Å². The number of carbonyl (C=O) groups is 1. The molecule has 0 spiro atoms. The number of hydrogen-bond acceptors (Lipinski definition) is 9. The van der Waals surface area contributed by atoms with E-state index in [9.17, 15) is 17.1 Å². The highest BCUT2D eigenvalue weighted by Crippen LogP contribution is 2.21. The van der Waals surface area contributed by atoms with Gasteiger partial charge in [-0.1, -0.05) is 34.2 Å². The van der Waals surface area contributed by atoms with E-state index in [4.69, 9.17) is 4.74 Å². The number of rotatable bonds is 14. The fourth-order valence-corrected chi connectivity index (χ4v) is 5.57. The van der Waals surface area contributed by atoms with E-state index in [-0.39, 0.29) is 24.3 Å². The Morgan fingerprint density at radius 1 is 0.978 bits per heavy atom. The van der Waals surface area contributed by atoms with E-state index >= 15 is 0 Å². The molecule has 1 atom stereocenters. The number of nitrogens with one attached hydrogen (secondary N) is 2. The number of nitrogens with zero attached hydrogens (tertiary/aromatic N) is 4. The molecule has 1 amide bonds. The Kier molecular flexibility index (Phi) is 11.5. The van der Waals surface area contributed by atoms with Crippen molar-refractivity contribution in [2.45, 2.75) is 64.3 Å². The molecule has 2 aromatic carbocycles. The lowest BCUT2D eigenvalue weighted by atomic mass is 10.0. The first-order valence-corrected chi connectivity index (χ1v) is 16.6. The second-order valence-electron chi connectivity index (χ2n) is 10.9. The van der Waals surface area contributed by atoms with Crippen LogP contribution >= 0.6 is 0 Å². The third-order valence-corrected chi connectivity index (χ3v) is 7.88. The summed E-state index contributed by atoms with van der Waals surface area (Å²) in [6.07, 6.45) is 14.5. The minimum atomic E-state index is -5.14. The van der Waals surface area contributed by atoms with E-state index in [0.717, 1.165) is 61.4 Å². The van der Waals surface area contributed by atoms with Gasteiger partial charge in [0, 0.05) is 48.9 Å². The highest BCUT2D eigenvalue weighted by Gasteiger charge is 2.16. The predicted octanol–water partition coefficient (Wildman–Crippen LogP) is 5.77. The number of halogens is 1. The molecule has 2 heterocycles. The molecule has 0 saturated carbocycles. The van der Waals surface area contributed by atoms with Crippen molar-refractivity contribution in [3.8, 4) is 17.1 Å². The third-order valence-electron chi connectivity index (χ3n) is 7.49. The summed E-state index contributed by atoms with van der Waals surface area (Å²) in [5, 5.41) is 15.1. The lowest BCUT2D eigenvalue weighted by molar-refractivity contribution is 0.0374. The van der Waals surface area contributed by atoms with Crippen molar-refractivity contribution in [2.75, 3.05) is 11.9 Å². The van der Waals surface area contributed by atoms with Crippen LogP contribution in [0.2, 0.25) is 0 Å². The third kappa shape index (κ3) is 9.94. The number of allylic oxidation sites excluding steroid dienone is 2. The number of carbonyl (C=O) groups excluding carboxylic acids is 1. The quantitative estimate of drug-likeness (QED) is 0.0992. The number of anilines is 1. The highest BCUT2D eigenvalue weighted by atomic mass is 32.3. The summed E-state index contributed by atoms with van der Waals surface area (Å²) in [5.41, 5.74) is 2.60. The van der Waals surface area contributed by atoms with Crippen molar-refractivity contribution >= 4 is 22.1 Å². The van der Waals surface area contributed by atoms with E-state index in [1.807, 2.05) is 18.2 Å². The molecule has 4 aromatic rings. The van der Waals surface area contributed by atoms with Gasteiger partial charge in [0.25, 0.3) is 5.91 Å². The number of hydrogen-bond donors (Lipinski definition) is 2. The van der Waals surface area contributed by atoms with Crippen LogP contribution in [0.15, 0.2) is 85.2 Å². The summed E-state index contributed by atoms with van der Waals surface area (Å²) in [5.74, 6) is 0.981. The SMILES string of the molecule is O=C(NCc1cccc(OS(=O)(=O)F)c1)c1cccc(NCc2nnc(-c3ccncc3)n2CCCOC2CC/C=C\CCC2)c1. The maximum Gasteiger partial charge on any atom is 0.488 e. The van der Waals surface area contributed by atoms with Gasteiger partial charge < -0.3 is 24.1 Å². The van der Waals surface area contributed by atoms with Gasteiger partial charge in [0.05, 0.1) is 12.6 Å². The fraction of sp³-hybridized carbons (Fsp3) is 0.333. The molecule has 1 unspecified atom stereocenters. The largest absolute Gasteiger partial charge is 0.488 e. The molecule has 0 bridgehead atoms. The summed E-state index contributed by atoms with van der Waals surface area (Å²) in [4.78, 5) is 17.0. The van der Waals surface area contributed by atoms with Crippen LogP contribution in [0, 0.1) is 0 Å². The highest BCUT2D eigenvalue weighted by molar-refractivity contribution is 7.81. The average Bonchev–Trinajstić information content (AvgIpc) is 3.44. The van der Waals surface area contributed by atoms with E-state index in [1.54, 1.807) is 36.7 Å². The van der Waals surface area contributed by atoms with E-state index in [2.05, 4.69) is 46.7 Å². The van der Waals surface area contributed by atoms with Crippen LogP contribution in [0.25, 0.3) is 11.4 Å². The van der Waals surface area contributed by atoms with Gasteiger partial charge in [-0.3, -0.25) is 9.78 Å². The van der Waals surface area contributed by atoms with Crippen molar-refractivity contribution in [1.82, 2.24) is 25.1 Å². The summed E-state index contributed by atoms with van der Waals surface area (Å²) >= 11 is 0. The lowest BCUT2D eigenvalue weighted by Gasteiger charge is -2.19. The van der Waals surface area contributed by atoms with Gasteiger partial charge >= 0.3 is 10.5 Å². The summed E-state index contributed by atoms with van der Waals surface area (Å²) in [7, 11) is -5.14. The Morgan fingerprint density at radius 3 is 2.65 bits per heavy atom. The molecule has 46 heavy (non-hydrogen) atoms. The summed E-state index contributed by atoms with van der Waals surface area (Å²) < 4.78 is 47.0. The van der Waals surface area contributed by atoms with Crippen molar-refractivity contribution in [2.24, 2.45) is 0 Å². The van der Waals surface area contributed by atoms with Gasteiger partial charge in [-0.05, 0) is 86.6 Å². The van der Waals surface area contributed by atoms with E-state index < -0.39 is 10.5 Å². The Morgan fingerprint density at radius 2 is 1.80 bits per heavy atom.